The highest BCUT2D eigenvalue weighted by atomic mass is 35.5. The van der Waals surface area contributed by atoms with Gasteiger partial charge in [0.25, 0.3) is 0 Å². The van der Waals surface area contributed by atoms with Crippen molar-refractivity contribution in [2.24, 2.45) is 0 Å². The number of rotatable bonds is 7. The van der Waals surface area contributed by atoms with Gasteiger partial charge in [-0.25, -0.2) is 18.4 Å². The molecule has 3 aliphatic rings. The van der Waals surface area contributed by atoms with Crippen LogP contribution in [0.25, 0.3) is 32.2 Å². The average molecular weight is 812 g/mol. The van der Waals surface area contributed by atoms with Gasteiger partial charge in [-0.3, -0.25) is 15.2 Å². The molecule has 0 radical (unpaired) electrons. The van der Waals surface area contributed by atoms with Gasteiger partial charge in [-0.2, -0.15) is 15.2 Å². The Hall–Kier alpha value is -4.59. The minimum atomic E-state index is -0.960. The van der Waals surface area contributed by atoms with E-state index >= 15 is 4.39 Å². The van der Waals surface area contributed by atoms with E-state index < -0.39 is 47.0 Å². The Morgan fingerprint density at radius 3 is 2.61 bits per heavy atom. The third-order valence-corrected chi connectivity index (χ3v) is 11.7. The number of alkyl halides is 1. The summed E-state index contributed by atoms with van der Waals surface area (Å²) in [5.41, 5.74) is -1.26. The van der Waals surface area contributed by atoms with Crippen LogP contribution in [0.3, 0.4) is 0 Å². The third-order valence-electron chi connectivity index (χ3n) is 10.2. The number of carbonyl (C=O) groups excluding carboxylic acids is 2. The molecule has 298 valence electrons. The molecule has 2 amide bonds. The second kappa shape index (κ2) is 14.7. The van der Waals surface area contributed by atoms with E-state index in [2.05, 4.69) is 26.3 Å². The summed E-state index contributed by atoms with van der Waals surface area (Å²) in [5, 5.41) is 13.6. The first-order valence-electron chi connectivity index (χ1n) is 18.6. The third kappa shape index (κ3) is 7.73. The molecular weight excluding hydrogens is 768 g/mol. The van der Waals surface area contributed by atoms with Crippen LogP contribution in [-0.4, -0.2) is 98.2 Å². The summed E-state index contributed by atoms with van der Waals surface area (Å²) in [4.78, 5) is 43.5. The minimum Gasteiger partial charge on any atom is -0.471 e. The molecule has 13 nitrogen and oxygen atoms in total. The number of carbonyl (C=O) groups is 2. The van der Waals surface area contributed by atoms with Gasteiger partial charge in [0.15, 0.2) is 0 Å². The fourth-order valence-corrected chi connectivity index (χ4v) is 9.11. The van der Waals surface area contributed by atoms with E-state index in [4.69, 9.17) is 35.5 Å². The van der Waals surface area contributed by atoms with E-state index in [1.54, 1.807) is 46.4 Å². The molecule has 3 saturated heterocycles. The van der Waals surface area contributed by atoms with Gasteiger partial charge < -0.3 is 23.8 Å². The van der Waals surface area contributed by atoms with Crippen LogP contribution in [0.2, 0.25) is 5.02 Å². The van der Waals surface area contributed by atoms with Crippen LogP contribution in [0.15, 0.2) is 18.3 Å². The Labute approximate surface area is 332 Å². The summed E-state index contributed by atoms with van der Waals surface area (Å²) in [7, 11) is 0. The number of benzene rings is 1. The second-order valence-electron chi connectivity index (χ2n) is 16.6. The lowest BCUT2D eigenvalue weighted by Crippen LogP contribution is -2.43. The number of hydrogen-bond acceptors (Lipinski definition) is 12. The SMILES string of the molecule is C[C@@H]1[C@H](Oc2nc(OC[C@@]34CCCN3C[C@H](F)C4)nc3c(Cl)c(-c4ccc(F)c5sc(NC(=O)OC(C)(C)C)c(C#N)c45)ncc23)CCN1C(=O)OC(C)(C)C. The van der Waals surface area contributed by atoms with Crippen LogP contribution in [0.1, 0.15) is 79.7 Å². The summed E-state index contributed by atoms with van der Waals surface area (Å²) in [6.45, 7) is 14.1. The number of amides is 2. The smallest absolute Gasteiger partial charge is 0.412 e. The maximum absolute atomic E-state index is 15.4. The average Bonchev–Trinajstić information content (AvgIpc) is 3.84. The first-order chi connectivity index (χ1) is 26.4. The van der Waals surface area contributed by atoms with Crippen molar-refractivity contribution >= 4 is 61.1 Å². The molecule has 0 unspecified atom stereocenters. The minimum absolute atomic E-state index is 0.00641. The van der Waals surface area contributed by atoms with Gasteiger partial charge in [-0.05, 0) is 80.0 Å². The van der Waals surface area contributed by atoms with Gasteiger partial charge in [0.1, 0.15) is 52.5 Å². The number of fused-ring (bicyclic) bond motifs is 3. The molecule has 6 heterocycles. The number of pyridine rings is 1. The maximum Gasteiger partial charge on any atom is 0.412 e. The van der Waals surface area contributed by atoms with E-state index in [0.29, 0.717) is 36.9 Å². The standard InChI is InChI=1S/C39H44ClF2N7O6S/c1-20-26(11-14-49(20)36(51)55-38(5,6)7)53-32-24-17-44-29(28(40)30(24)45-34(46-32)52-19-39-12-8-13-48(39)18-21(41)15-39)22-9-10-25(42)31-27(22)23(16-43)33(56-31)47-35(50)54-37(2,3)4/h9-10,17,20-21,26H,8,11-15,18-19H2,1-7H3,(H,47,50)/t20-,21-,26-,39+/m1/s1. The largest absolute Gasteiger partial charge is 0.471 e. The predicted octanol–water partition coefficient (Wildman–Crippen LogP) is 8.65. The molecular formula is C39H44ClF2N7O6S. The summed E-state index contributed by atoms with van der Waals surface area (Å²) < 4.78 is 53.9. The summed E-state index contributed by atoms with van der Waals surface area (Å²) in [6, 6.07) is 4.37. The number of thiophene rings is 1. The Bertz CT molecular complexity index is 2260. The van der Waals surface area contributed by atoms with Gasteiger partial charge in [0.2, 0.25) is 5.88 Å². The first kappa shape index (κ1) is 39.6. The Morgan fingerprint density at radius 1 is 1.14 bits per heavy atom. The molecule has 4 aromatic rings. The maximum atomic E-state index is 15.4. The molecule has 0 spiro atoms. The van der Waals surface area contributed by atoms with Gasteiger partial charge in [-0.15, -0.1) is 11.3 Å². The van der Waals surface area contributed by atoms with Crippen LogP contribution in [-0.2, 0) is 9.47 Å². The van der Waals surface area contributed by atoms with E-state index in [9.17, 15) is 19.2 Å². The van der Waals surface area contributed by atoms with Crippen LogP contribution < -0.4 is 14.8 Å². The highest BCUT2D eigenvalue weighted by molar-refractivity contribution is 7.23. The topological polar surface area (TPSA) is 152 Å². The number of anilines is 1. The number of nitrogens with zero attached hydrogens (tertiary/aromatic N) is 6. The van der Waals surface area contributed by atoms with E-state index in [1.165, 1.54) is 18.3 Å². The van der Waals surface area contributed by atoms with E-state index in [1.807, 2.05) is 6.92 Å². The quantitative estimate of drug-likeness (QED) is 0.191. The van der Waals surface area contributed by atoms with Crippen molar-refractivity contribution in [3.05, 3.63) is 34.7 Å². The zero-order chi connectivity index (χ0) is 40.3. The van der Waals surface area contributed by atoms with Gasteiger partial charge >= 0.3 is 18.2 Å². The number of hydrogen-bond donors (Lipinski definition) is 1. The molecule has 56 heavy (non-hydrogen) atoms. The first-order valence-corrected chi connectivity index (χ1v) is 19.8. The normalized spacial score (nSPS) is 22.7. The number of nitrogens with one attached hydrogen (secondary N) is 1. The van der Waals surface area contributed by atoms with Crippen molar-refractivity contribution in [2.75, 3.05) is 31.6 Å². The number of ether oxygens (including phenoxy) is 4. The Balaban J connectivity index is 1.29. The van der Waals surface area contributed by atoms with Crippen LogP contribution >= 0.6 is 22.9 Å². The summed E-state index contributed by atoms with van der Waals surface area (Å²) >= 11 is 8.06. The molecule has 3 aromatic heterocycles. The van der Waals surface area contributed by atoms with Crippen molar-refractivity contribution < 1.29 is 37.3 Å². The Morgan fingerprint density at radius 2 is 1.89 bits per heavy atom. The predicted molar refractivity (Wildman–Crippen MR) is 208 cm³/mol. The summed E-state index contributed by atoms with van der Waals surface area (Å²) in [5.74, 6) is -0.493. The molecule has 0 bridgehead atoms. The van der Waals surface area contributed by atoms with Crippen LogP contribution in [0, 0.1) is 17.1 Å². The van der Waals surface area contributed by atoms with E-state index in [-0.39, 0.29) is 61.4 Å². The van der Waals surface area contributed by atoms with E-state index in [0.717, 1.165) is 30.7 Å². The molecule has 0 saturated carbocycles. The van der Waals surface area contributed by atoms with Crippen molar-refractivity contribution in [1.82, 2.24) is 24.8 Å². The lowest BCUT2D eigenvalue weighted by molar-refractivity contribution is 0.0190. The molecule has 3 aliphatic heterocycles. The lowest BCUT2D eigenvalue weighted by Gasteiger charge is -2.31. The van der Waals surface area contributed by atoms with Crippen molar-refractivity contribution in [1.29, 1.82) is 5.26 Å². The molecule has 17 heteroatoms. The lowest BCUT2D eigenvalue weighted by atomic mass is 9.95. The fraction of sp³-hybridized carbons (Fsp3) is 0.538. The van der Waals surface area contributed by atoms with Crippen molar-refractivity contribution in [2.45, 2.75) is 109 Å². The zero-order valence-corrected chi connectivity index (χ0v) is 33.9. The molecule has 1 N–H and O–H groups in total. The fourth-order valence-electron chi connectivity index (χ4n) is 7.75. The highest BCUT2D eigenvalue weighted by Gasteiger charge is 2.49. The molecule has 0 aliphatic carbocycles. The van der Waals surface area contributed by atoms with Crippen LogP contribution in [0.4, 0.5) is 23.4 Å². The molecule has 1 aromatic carbocycles. The number of halogens is 3. The monoisotopic (exact) mass is 811 g/mol. The van der Waals surface area contributed by atoms with Crippen molar-refractivity contribution in [3.8, 4) is 29.2 Å². The Kier molecular flexibility index (Phi) is 10.4. The zero-order valence-electron chi connectivity index (χ0n) is 32.3. The molecule has 4 atom stereocenters. The molecule has 7 rings (SSSR count). The number of aromatic nitrogens is 3. The van der Waals surface area contributed by atoms with Gasteiger partial charge in [-0.1, -0.05) is 11.6 Å². The summed E-state index contributed by atoms with van der Waals surface area (Å²) in [6.07, 6.45) is 1.30. The number of nitriles is 1. The second-order valence-corrected chi connectivity index (χ2v) is 18.0. The van der Waals surface area contributed by atoms with Crippen LogP contribution in [0.5, 0.6) is 11.9 Å². The molecule has 3 fully saturated rings. The van der Waals surface area contributed by atoms with Gasteiger partial charge in [0, 0.05) is 43.1 Å². The highest BCUT2D eigenvalue weighted by Crippen LogP contribution is 2.46. The van der Waals surface area contributed by atoms with Gasteiger partial charge in [0.05, 0.1) is 37.9 Å². The van der Waals surface area contributed by atoms with Crippen molar-refractivity contribution in [3.63, 3.8) is 0 Å². The number of likely N-dealkylation sites (tertiary alicyclic amines) is 1.